The Morgan fingerprint density at radius 2 is 2.00 bits per heavy atom. The monoisotopic (exact) mass is 344 g/mol. The lowest BCUT2D eigenvalue weighted by Gasteiger charge is -2.17. The van der Waals surface area contributed by atoms with Gasteiger partial charge in [-0.15, -0.1) is 11.3 Å². The zero-order valence-corrected chi connectivity index (χ0v) is 13.7. The first-order chi connectivity index (χ1) is 11.5. The fourth-order valence-corrected chi connectivity index (χ4v) is 2.68. The minimum atomic E-state index is -0.646. The van der Waals surface area contributed by atoms with Gasteiger partial charge in [-0.3, -0.25) is 10.1 Å². The molecule has 122 valence electrons. The fourth-order valence-electron chi connectivity index (χ4n) is 1.86. The lowest BCUT2D eigenvalue weighted by molar-refractivity contribution is -0.383. The van der Waals surface area contributed by atoms with Crippen LogP contribution in [0.1, 0.15) is 10.6 Å². The molecule has 0 spiro atoms. The van der Waals surface area contributed by atoms with Gasteiger partial charge in [0.25, 0.3) is 0 Å². The van der Waals surface area contributed by atoms with Crippen molar-refractivity contribution in [3.05, 3.63) is 27.0 Å². The molecule has 2 aromatic rings. The van der Waals surface area contributed by atoms with Crippen molar-refractivity contribution in [3.8, 4) is 12.1 Å². The van der Waals surface area contributed by atoms with E-state index in [0.29, 0.717) is 5.13 Å². The molecule has 0 aliphatic heterocycles. The van der Waals surface area contributed by atoms with Gasteiger partial charge in [0, 0.05) is 4.88 Å². The van der Waals surface area contributed by atoms with Gasteiger partial charge in [0.15, 0.2) is 5.13 Å². The summed E-state index contributed by atoms with van der Waals surface area (Å²) >= 11 is 1.34. The van der Waals surface area contributed by atoms with Crippen molar-refractivity contribution in [2.75, 3.05) is 23.3 Å². The molecule has 2 heterocycles. The van der Waals surface area contributed by atoms with E-state index >= 15 is 0 Å². The average Bonchev–Trinajstić information content (AvgIpc) is 2.84. The molecule has 0 bridgehead atoms. The van der Waals surface area contributed by atoms with Crippen LogP contribution in [0, 0.1) is 46.6 Å². The van der Waals surface area contributed by atoms with Crippen LogP contribution in [-0.2, 0) is 0 Å². The Morgan fingerprint density at radius 3 is 2.50 bits per heavy atom. The first kappa shape index (κ1) is 17.1. The predicted molar refractivity (Wildman–Crippen MR) is 87.0 cm³/mol. The van der Waals surface area contributed by atoms with Crippen molar-refractivity contribution in [1.82, 2.24) is 15.0 Å². The third-order valence-corrected chi connectivity index (χ3v) is 4.05. The van der Waals surface area contributed by atoms with Crippen LogP contribution in [0.4, 0.5) is 22.5 Å². The second-order valence-corrected chi connectivity index (χ2v) is 5.81. The topological polar surface area (TPSA) is 145 Å². The van der Waals surface area contributed by atoms with E-state index in [1.807, 2.05) is 26.0 Å². The van der Waals surface area contributed by atoms with Crippen LogP contribution in [0.2, 0.25) is 0 Å². The van der Waals surface area contributed by atoms with Gasteiger partial charge in [-0.1, -0.05) is 0 Å². The van der Waals surface area contributed by atoms with E-state index in [0.717, 1.165) is 16.9 Å². The molecule has 0 atom stereocenters. The van der Waals surface area contributed by atoms with Crippen molar-refractivity contribution in [3.63, 3.8) is 0 Å². The van der Waals surface area contributed by atoms with E-state index in [2.05, 4.69) is 20.3 Å². The third kappa shape index (κ3) is 3.53. The number of hydrogen-bond acceptors (Lipinski definition) is 10. The minimum Gasteiger partial charge on any atom is -0.324 e. The second-order valence-electron chi connectivity index (χ2n) is 4.61. The summed E-state index contributed by atoms with van der Waals surface area (Å²) in [6, 6.07) is 3.72. The van der Waals surface area contributed by atoms with Gasteiger partial charge in [0.05, 0.1) is 22.8 Å². The molecule has 10 nitrogen and oxygen atoms in total. The summed E-state index contributed by atoms with van der Waals surface area (Å²) in [5.74, 6) is -0.134. The number of rotatable bonds is 6. The standard InChI is InChI=1S/C13H12N8O2S/c1-8-9(2)24-13(18-8)19-11-10(21(22)23)12(17-7-16-11)20(5-3-14)6-4-15/h7H,5-6H2,1-2H3,(H,16,17,18,19). The zero-order chi connectivity index (χ0) is 17.7. The highest BCUT2D eigenvalue weighted by atomic mass is 32.1. The van der Waals surface area contributed by atoms with Crippen LogP contribution in [0.5, 0.6) is 0 Å². The number of thiazole rings is 1. The van der Waals surface area contributed by atoms with E-state index < -0.39 is 10.6 Å². The molecule has 0 unspecified atom stereocenters. The molecular formula is C13H12N8O2S. The van der Waals surface area contributed by atoms with Gasteiger partial charge in [-0.25, -0.2) is 15.0 Å². The maximum Gasteiger partial charge on any atom is 0.353 e. The van der Waals surface area contributed by atoms with Gasteiger partial charge in [-0.2, -0.15) is 10.5 Å². The minimum absolute atomic E-state index is 0.0420. The van der Waals surface area contributed by atoms with Crippen molar-refractivity contribution in [2.45, 2.75) is 13.8 Å². The third-order valence-electron chi connectivity index (χ3n) is 3.06. The first-order valence-corrected chi connectivity index (χ1v) is 7.48. The molecule has 2 rings (SSSR count). The molecule has 24 heavy (non-hydrogen) atoms. The van der Waals surface area contributed by atoms with Crippen LogP contribution in [0.25, 0.3) is 0 Å². The van der Waals surface area contributed by atoms with Crippen molar-refractivity contribution < 1.29 is 4.92 Å². The van der Waals surface area contributed by atoms with Gasteiger partial charge in [-0.05, 0) is 13.8 Å². The number of nitrogens with zero attached hydrogens (tertiary/aromatic N) is 7. The van der Waals surface area contributed by atoms with Crippen LogP contribution in [0.3, 0.4) is 0 Å². The Labute approximate surface area is 141 Å². The summed E-state index contributed by atoms with van der Waals surface area (Å²) in [6.45, 7) is 3.30. The van der Waals surface area contributed by atoms with Crippen LogP contribution >= 0.6 is 11.3 Å². The van der Waals surface area contributed by atoms with Crippen LogP contribution < -0.4 is 10.2 Å². The number of nitrogens with one attached hydrogen (secondary N) is 1. The zero-order valence-electron chi connectivity index (χ0n) is 12.8. The van der Waals surface area contributed by atoms with E-state index in [-0.39, 0.29) is 24.7 Å². The first-order valence-electron chi connectivity index (χ1n) is 6.67. The van der Waals surface area contributed by atoms with Gasteiger partial charge >= 0.3 is 5.69 Å². The maximum absolute atomic E-state index is 11.5. The molecule has 11 heteroatoms. The number of nitriles is 2. The molecule has 0 aromatic carbocycles. The molecule has 0 saturated carbocycles. The summed E-state index contributed by atoms with van der Waals surface area (Å²) in [5, 5.41) is 32.5. The summed E-state index contributed by atoms with van der Waals surface area (Å²) in [4.78, 5) is 25.1. The Morgan fingerprint density at radius 1 is 1.33 bits per heavy atom. The number of anilines is 3. The molecule has 0 saturated heterocycles. The summed E-state index contributed by atoms with van der Waals surface area (Å²) in [7, 11) is 0. The maximum atomic E-state index is 11.5. The summed E-state index contributed by atoms with van der Waals surface area (Å²) in [5.41, 5.74) is 0.406. The van der Waals surface area contributed by atoms with E-state index in [4.69, 9.17) is 10.5 Å². The molecule has 2 aromatic heterocycles. The van der Waals surface area contributed by atoms with Gasteiger partial charge in [0.1, 0.15) is 19.4 Å². The average molecular weight is 344 g/mol. The Balaban J connectivity index is 2.49. The molecule has 0 radical (unpaired) electrons. The molecule has 1 N–H and O–H groups in total. The van der Waals surface area contributed by atoms with Crippen LogP contribution in [-0.4, -0.2) is 33.0 Å². The number of nitro groups is 1. The van der Waals surface area contributed by atoms with Crippen LogP contribution in [0.15, 0.2) is 6.33 Å². The SMILES string of the molecule is Cc1nc(Nc2ncnc(N(CC#N)CC#N)c2[N+](=O)[O-])sc1C. The highest BCUT2D eigenvalue weighted by Crippen LogP contribution is 2.34. The van der Waals surface area contributed by atoms with Crippen molar-refractivity contribution in [2.24, 2.45) is 0 Å². The van der Waals surface area contributed by atoms with Crippen molar-refractivity contribution in [1.29, 1.82) is 10.5 Å². The Kier molecular flexibility index (Phi) is 5.19. The van der Waals surface area contributed by atoms with Gasteiger partial charge in [0.2, 0.25) is 11.6 Å². The molecule has 0 fully saturated rings. The molecule has 0 aliphatic carbocycles. The highest BCUT2D eigenvalue weighted by Gasteiger charge is 2.27. The Bertz CT molecular complexity index is 815. The summed E-state index contributed by atoms with van der Waals surface area (Å²) in [6.07, 6.45) is 1.14. The second kappa shape index (κ2) is 7.30. The lowest BCUT2D eigenvalue weighted by atomic mass is 10.3. The normalized spacial score (nSPS) is 9.83. The molecule has 0 aliphatic rings. The quantitative estimate of drug-likeness (QED) is 0.472. The Hall–Kier alpha value is -3.31. The number of hydrogen-bond donors (Lipinski definition) is 1. The molecular weight excluding hydrogens is 332 g/mol. The van der Waals surface area contributed by atoms with E-state index in [1.165, 1.54) is 16.2 Å². The smallest absolute Gasteiger partial charge is 0.324 e. The largest absolute Gasteiger partial charge is 0.353 e. The molecule has 0 amide bonds. The predicted octanol–water partition coefficient (Wildman–Crippen LogP) is 2.06. The van der Waals surface area contributed by atoms with Gasteiger partial charge < -0.3 is 10.2 Å². The summed E-state index contributed by atoms with van der Waals surface area (Å²) < 4.78 is 0. The lowest BCUT2D eigenvalue weighted by Crippen LogP contribution is -2.26. The van der Waals surface area contributed by atoms with Crippen molar-refractivity contribution >= 4 is 33.8 Å². The number of aryl methyl sites for hydroxylation is 2. The van der Waals surface area contributed by atoms with E-state index in [9.17, 15) is 10.1 Å². The van der Waals surface area contributed by atoms with E-state index in [1.54, 1.807) is 0 Å². The fraction of sp³-hybridized carbons (Fsp3) is 0.308. The number of aromatic nitrogens is 3. The highest BCUT2D eigenvalue weighted by molar-refractivity contribution is 7.15.